The van der Waals surface area contributed by atoms with Crippen LogP contribution in [0.4, 0.5) is 10.2 Å². The maximum absolute atomic E-state index is 15.5. The number of rotatable bonds is 12. The Bertz CT molecular complexity index is 1450. The van der Waals surface area contributed by atoms with Gasteiger partial charge in [-0.15, -0.1) is 0 Å². The van der Waals surface area contributed by atoms with Crippen LogP contribution in [0.3, 0.4) is 0 Å². The minimum Gasteiger partial charge on any atom is -0.360 e. The van der Waals surface area contributed by atoms with Gasteiger partial charge in [-0.2, -0.15) is 14.6 Å². The van der Waals surface area contributed by atoms with Gasteiger partial charge in [0, 0.05) is 43.7 Å². The summed E-state index contributed by atoms with van der Waals surface area (Å²) in [6.45, 7) is 17.7. The van der Waals surface area contributed by atoms with Crippen LogP contribution >= 0.6 is 0 Å². The van der Waals surface area contributed by atoms with Crippen LogP contribution in [0.15, 0.2) is 24.4 Å². The molecule has 3 heterocycles. The number of anilines is 1. The first-order valence-corrected chi connectivity index (χ1v) is 19.4. The highest BCUT2D eigenvalue weighted by molar-refractivity contribution is 6.76. The van der Waals surface area contributed by atoms with E-state index in [0.717, 1.165) is 37.4 Å². The van der Waals surface area contributed by atoms with Gasteiger partial charge in [0.15, 0.2) is 0 Å². The Labute approximate surface area is 261 Å². The van der Waals surface area contributed by atoms with Crippen LogP contribution in [0, 0.1) is 31.6 Å². The Morgan fingerprint density at radius 1 is 1.11 bits per heavy atom. The van der Waals surface area contributed by atoms with Gasteiger partial charge >= 0.3 is 0 Å². The van der Waals surface area contributed by atoms with Crippen LogP contribution in [0.1, 0.15) is 74.4 Å². The number of nitrogens with zero attached hydrogens (tertiary/aromatic N) is 5. The molecule has 0 aromatic carbocycles. The lowest BCUT2D eigenvalue weighted by molar-refractivity contribution is -0.119. The molecule has 1 aliphatic rings. The fourth-order valence-electron chi connectivity index (χ4n) is 5.77. The normalized spacial score (nSPS) is 18.0. The number of amides is 2. The molecule has 3 aromatic heterocycles. The second kappa shape index (κ2) is 14.1. The fraction of sp³-hybridized carbons (Fsp3) is 0.594. The van der Waals surface area contributed by atoms with E-state index in [1.807, 2.05) is 27.7 Å². The molecule has 1 aliphatic carbocycles. The standard InChI is InChI=1S/C32H48FN7O3Si/c1-20(2)40-26(15-16-34-40)31(41)37-29(24-11-9-21(3)10-12-24)32(42)36-27-14-13-25(30(33)35-27)28-22(4)38-39(23(28)5)19-43-17-18-44(6,7)8/h13-16,20-21,24,29H,9-12,17-19H2,1-8H3,(H,37,41)(H,35,36,42)/t21-,24-,29-/m0/s1. The molecule has 12 heteroatoms. The molecule has 2 N–H and O–H groups in total. The smallest absolute Gasteiger partial charge is 0.270 e. The lowest BCUT2D eigenvalue weighted by atomic mass is 9.79. The summed E-state index contributed by atoms with van der Waals surface area (Å²) in [7, 11) is -1.21. The van der Waals surface area contributed by atoms with Gasteiger partial charge in [0.2, 0.25) is 11.9 Å². The third-order valence-corrected chi connectivity index (χ3v) is 10.2. The lowest BCUT2D eigenvalue weighted by Gasteiger charge is -2.32. The molecule has 0 spiro atoms. The molecule has 0 unspecified atom stereocenters. The van der Waals surface area contributed by atoms with Crippen LogP contribution in [-0.2, 0) is 16.3 Å². The minimum atomic E-state index is -1.21. The third kappa shape index (κ3) is 8.20. The second-order valence-corrected chi connectivity index (χ2v) is 19.3. The Kier molecular flexibility index (Phi) is 10.8. The number of carbonyl (C=O) groups is 2. The van der Waals surface area contributed by atoms with E-state index in [1.165, 1.54) is 0 Å². The van der Waals surface area contributed by atoms with Gasteiger partial charge in [0.1, 0.15) is 24.3 Å². The van der Waals surface area contributed by atoms with Crippen LogP contribution in [0.25, 0.3) is 11.1 Å². The summed E-state index contributed by atoms with van der Waals surface area (Å²) in [4.78, 5) is 31.1. The summed E-state index contributed by atoms with van der Waals surface area (Å²) in [6, 6.07) is 5.10. The van der Waals surface area contributed by atoms with Crippen LogP contribution in [0.2, 0.25) is 25.7 Å². The zero-order valence-corrected chi connectivity index (χ0v) is 28.4. The van der Waals surface area contributed by atoms with E-state index in [1.54, 1.807) is 33.8 Å². The van der Waals surface area contributed by atoms with Gasteiger partial charge in [0.25, 0.3) is 5.91 Å². The van der Waals surface area contributed by atoms with Crippen molar-refractivity contribution in [3.8, 4) is 11.1 Å². The number of ether oxygens (including phenoxy) is 1. The zero-order chi connectivity index (χ0) is 32.2. The molecule has 1 fully saturated rings. The summed E-state index contributed by atoms with van der Waals surface area (Å²) >= 11 is 0. The average Bonchev–Trinajstić information content (AvgIpc) is 3.55. The van der Waals surface area contributed by atoms with Gasteiger partial charge < -0.3 is 15.4 Å². The molecule has 240 valence electrons. The van der Waals surface area contributed by atoms with E-state index < -0.39 is 26.0 Å². The maximum atomic E-state index is 15.5. The number of hydrogen-bond acceptors (Lipinski definition) is 6. The highest BCUT2D eigenvalue weighted by Crippen LogP contribution is 2.32. The van der Waals surface area contributed by atoms with E-state index in [-0.39, 0.29) is 23.7 Å². The maximum Gasteiger partial charge on any atom is 0.270 e. The van der Waals surface area contributed by atoms with Gasteiger partial charge in [-0.05, 0) is 76.6 Å². The van der Waals surface area contributed by atoms with Gasteiger partial charge in [-0.1, -0.05) is 39.4 Å². The fourth-order valence-corrected chi connectivity index (χ4v) is 6.53. The molecule has 0 radical (unpaired) electrons. The number of aryl methyl sites for hydroxylation is 1. The lowest BCUT2D eigenvalue weighted by Crippen LogP contribution is -2.49. The molecule has 2 amide bonds. The van der Waals surface area contributed by atoms with E-state index in [0.29, 0.717) is 41.8 Å². The van der Waals surface area contributed by atoms with Crippen LogP contribution in [-0.4, -0.2) is 57.1 Å². The van der Waals surface area contributed by atoms with Crippen molar-refractivity contribution >= 4 is 25.7 Å². The Hall–Kier alpha value is -3.38. The van der Waals surface area contributed by atoms with Crippen molar-refractivity contribution < 1.29 is 18.7 Å². The molecule has 0 bridgehead atoms. The number of hydrogen-bond donors (Lipinski definition) is 2. The molecule has 44 heavy (non-hydrogen) atoms. The summed E-state index contributed by atoms with van der Waals surface area (Å²) in [5.74, 6) is -0.866. The Morgan fingerprint density at radius 2 is 1.82 bits per heavy atom. The van der Waals surface area contributed by atoms with Crippen molar-refractivity contribution in [2.75, 3.05) is 11.9 Å². The first-order chi connectivity index (χ1) is 20.7. The molecule has 0 saturated heterocycles. The Morgan fingerprint density at radius 3 is 2.45 bits per heavy atom. The van der Waals surface area contributed by atoms with Crippen molar-refractivity contribution in [1.29, 1.82) is 0 Å². The number of carbonyl (C=O) groups excluding carboxylic acids is 2. The Balaban J connectivity index is 1.50. The minimum absolute atomic E-state index is 0.0129. The monoisotopic (exact) mass is 625 g/mol. The highest BCUT2D eigenvalue weighted by Gasteiger charge is 2.34. The SMILES string of the molecule is Cc1nn(COCC[Si](C)(C)C)c(C)c1-c1ccc(NC(=O)[C@@H](NC(=O)c2ccnn2C(C)C)[C@H]2CC[C@H](C)CC2)nc1F. The topological polar surface area (TPSA) is 116 Å². The molecule has 1 saturated carbocycles. The summed E-state index contributed by atoms with van der Waals surface area (Å²) in [6.07, 6.45) is 5.16. The van der Waals surface area contributed by atoms with Crippen molar-refractivity contribution in [2.45, 2.75) is 105 Å². The van der Waals surface area contributed by atoms with E-state index in [2.05, 4.69) is 52.4 Å². The predicted octanol–water partition coefficient (Wildman–Crippen LogP) is 6.35. The quantitative estimate of drug-likeness (QED) is 0.138. The van der Waals surface area contributed by atoms with E-state index in [9.17, 15) is 9.59 Å². The van der Waals surface area contributed by atoms with Crippen molar-refractivity contribution in [1.82, 2.24) is 29.9 Å². The largest absolute Gasteiger partial charge is 0.360 e. The van der Waals surface area contributed by atoms with Gasteiger partial charge in [0.05, 0.1) is 5.69 Å². The molecular weight excluding hydrogens is 577 g/mol. The molecule has 3 aromatic rings. The average molecular weight is 626 g/mol. The third-order valence-electron chi connectivity index (χ3n) is 8.45. The van der Waals surface area contributed by atoms with Gasteiger partial charge in [-0.3, -0.25) is 14.3 Å². The van der Waals surface area contributed by atoms with Gasteiger partial charge in [-0.25, -0.2) is 9.67 Å². The number of pyridine rings is 1. The molecule has 10 nitrogen and oxygen atoms in total. The molecule has 0 aliphatic heterocycles. The van der Waals surface area contributed by atoms with Crippen molar-refractivity contribution in [2.24, 2.45) is 11.8 Å². The molecular formula is C32H48FN7O3Si. The summed E-state index contributed by atoms with van der Waals surface area (Å²) in [5.41, 5.74) is 2.80. The molecule has 4 rings (SSSR count). The van der Waals surface area contributed by atoms with E-state index in [4.69, 9.17) is 4.74 Å². The predicted molar refractivity (Wildman–Crippen MR) is 173 cm³/mol. The first-order valence-electron chi connectivity index (χ1n) is 15.7. The van der Waals surface area contributed by atoms with Crippen LogP contribution < -0.4 is 10.6 Å². The zero-order valence-electron chi connectivity index (χ0n) is 27.4. The highest BCUT2D eigenvalue weighted by atomic mass is 28.3. The van der Waals surface area contributed by atoms with E-state index >= 15 is 4.39 Å². The van der Waals surface area contributed by atoms with Crippen molar-refractivity contribution in [3.05, 3.63) is 47.4 Å². The van der Waals surface area contributed by atoms with Crippen LogP contribution in [0.5, 0.6) is 0 Å². The second-order valence-electron chi connectivity index (χ2n) is 13.6. The number of aromatic nitrogens is 5. The summed E-state index contributed by atoms with van der Waals surface area (Å²) < 4.78 is 24.7. The first kappa shape index (κ1) is 33.5. The van der Waals surface area contributed by atoms with Crippen molar-refractivity contribution in [3.63, 3.8) is 0 Å². The molecule has 1 atom stereocenters. The number of nitrogens with one attached hydrogen (secondary N) is 2. The summed E-state index contributed by atoms with van der Waals surface area (Å²) in [5, 5.41) is 14.6. The number of halogens is 1.